The standard InChI is InChI=1S/C14H19NO4/c1-10-8-11(19-13(10)14(17)18)9-15-7-5-3-2-4-6-12(15)16/h8H,2-7,9H2,1H3,(H,17,18). The Morgan fingerprint density at radius 2 is 2.11 bits per heavy atom. The molecule has 5 nitrogen and oxygen atoms in total. The molecular weight excluding hydrogens is 246 g/mol. The van der Waals surface area contributed by atoms with Crippen molar-refractivity contribution in [2.24, 2.45) is 0 Å². The number of carbonyl (C=O) groups excluding carboxylic acids is 1. The van der Waals surface area contributed by atoms with Crippen LogP contribution >= 0.6 is 0 Å². The Kier molecular flexibility index (Phi) is 4.24. The van der Waals surface area contributed by atoms with Crippen LogP contribution in [0.3, 0.4) is 0 Å². The lowest BCUT2D eigenvalue weighted by Crippen LogP contribution is -2.32. The van der Waals surface area contributed by atoms with Crippen LogP contribution in [0.25, 0.3) is 0 Å². The number of carboxylic acids is 1. The van der Waals surface area contributed by atoms with Crippen LogP contribution in [0.4, 0.5) is 0 Å². The van der Waals surface area contributed by atoms with Crippen molar-refractivity contribution in [3.63, 3.8) is 0 Å². The van der Waals surface area contributed by atoms with E-state index in [1.807, 2.05) is 0 Å². The number of rotatable bonds is 3. The molecule has 0 saturated carbocycles. The first-order chi connectivity index (χ1) is 9.08. The maximum Gasteiger partial charge on any atom is 0.372 e. The molecule has 0 radical (unpaired) electrons. The maximum absolute atomic E-state index is 12.0. The van der Waals surface area contributed by atoms with Crippen molar-refractivity contribution in [1.29, 1.82) is 0 Å². The number of aromatic carboxylic acids is 1. The highest BCUT2D eigenvalue weighted by Gasteiger charge is 2.20. The van der Waals surface area contributed by atoms with E-state index >= 15 is 0 Å². The topological polar surface area (TPSA) is 70.8 Å². The summed E-state index contributed by atoms with van der Waals surface area (Å²) in [4.78, 5) is 24.6. The van der Waals surface area contributed by atoms with Crippen LogP contribution in [0.5, 0.6) is 0 Å². The smallest absolute Gasteiger partial charge is 0.372 e. The number of carboxylic acid groups (broad SMARTS) is 1. The summed E-state index contributed by atoms with van der Waals surface area (Å²) in [6.45, 7) is 2.79. The summed E-state index contributed by atoms with van der Waals surface area (Å²) in [6, 6.07) is 1.70. The van der Waals surface area contributed by atoms with Gasteiger partial charge in [0.05, 0.1) is 6.54 Å². The van der Waals surface area contributed by atoms with E-state index in [0.29, 0.717) is 24.3 Å². The van der Waals surface area contributed by atoms with E-state index in [1.165, 1.54) is 0 Å². The van der Waals surface area contributed by atoms with Gasteiger partial charge in [0.2, 0.25) is 11.7 Å². The zero-order chi connectivity index (χ0) is 13.8. The van der Waals surface area contributed by atoms with Crippen LogP contribution in [0.1, 0.15) is 54.0 Å². The van der Waals surface area contributed by atoms with Gasteiger partial charge in [0.1, 0.15) is 5.76 Å². The van der Waals surface area contributed by atoms with Gasteiger partial charge >= 0.3 is 5.97 Å². The van der Waals surface area contributed by atoms with E-state index in [0.717, 1.165) is 32.2 Å². The molecule has 1 aromatic rings. The minimum absolute atomic E-state index is 0.0329. The van der Waals surface area contributed by atoms with Gasteiger partial charge in [0.15, 0.2) is 0 Å². The van der Waals surface area contributed by atoms with Crippen LogP contribution in [-0.4, -0.2) is 28.4 Å². The van der Waals surface area contributed by atoms with Gasteiger partial charge in [-0.05, 0) is 25.8 Å². The zero-order valence-corrected chi connectivity index (χ0v) is 11.1. The van der Waals surface area contributed by atoms with Crippen molar-refractivity contribution in [2.45, 2.75) is 45.6 Å². The molecule has 1 amide bonds. The van der Waals surface area contributed by atoms with Crippen molar-refractivity contribution in [1.82, 2.24) is 4.90 Å². The van der Waals surface area contributed by atoms with Gasteiger partial charge in [-0.25, -0.2) is 4.79 Å². The van der Waals surface area contributed by atoms with Crippen molar-refractivity contribution < 1.29 is 19.1 Å². The minimum Gasteiger partial charge on any atom is -0.475 e. The molecule has 0 aromatic carbocycles. The van der Waals surface area contributed by atoms with Gasteiger partial charge in [-0.1, -0.05) is 12.8 Å². The van der Waals surface area contributed by atoms with Crippen molar-refractivity contribution >= 4 is 11.9 Å². The van der Waals surface area contributed by atoms with Gasteiger partial charge in [-0.3, -0.25) is 4.79 Å². The average molecular weight is 265 g/mol. The predicted molar refractivity (Wildman–Crippen MR) is 68.9 cm³/mol. The fourth-order valence-electron chi connectivity index (χ4n) is 2.41. The molecule has 104 valence electrons. The van der Waals surface area contributed by atoms with Gasteiger partial charge < -0.3 is 14.4 Å². The molecule has 2 rings (SSSR count). The lowest BCUT2D eigenvalue weighted by molar-refractivity contribution is -0.132. The molecule has 19 heavy (non-hydrogen) atoms. The Morgan fingerprint density at radius 3 is 2.79 bits per heavy atom. The van der Waals surface area contributed by atoms with Crippen LogP contribution in [0.15, 0.2) is 10.5 Å². The largest absolute Gasteiger partial charge is 0.475 e. The molecule has 0 unspecified atom stereocenters. The quantitative estimate of drug-likeness (QED) is 0.911. The van der Waals surface area contributed by atoms with E-state index < -0.39 is 5.97 Å². The summed E-state index contributed by atoms with van der Waals surface area (Å²) >= 11 is 0. The number of carbonyl (C=O) groups is 2. The molecule has 0 spiro atoms. The first kappa shape index (κ1) is 13.6. The van der Waals surface area contributed by atoms with Gasteiger partial charge in [-0.15, -0.1) is 0 Å². The molecule has 0 bridgehead atoms. The molecule has 1 aliphatic heterocycles. The zero-order valence-electron chi connectivity index (χ0n) is 11.1. The van der Waals surface area contributed by atoms with E-state index in [1.54, 1.807) is 17.9 Å². The molecule has 1 N–H and O–H groups in total. The molecule has 5 heteroatoms. The first-order valence-electron chi connectivity index (χ1n) is 6.68. The van der Waals surface area contributed by atoms with Crippen molar-refractivity contribution in [3.8, 4) is 0 Å². The minimum atomic E-state index is -1.07. The van der Waals surface area contributed by atoms with E-state index in [4.69, 9.17) is 9.52 Å². The second-order valence-electron chi connectivity index (χ2n) is 5.01. The Balaban J connectivity index is 2.08. The summed E-state index contributed by atoms with van der Waals surface area (Å²) in [7, 11) is 0. The molecular formula is C14H19NO4. The number of furan rings is 1. The fourth-order valence-corrected chi connectivity index (χ4v) is 2.41. The lowest BCUT2D eigenvalue weighted by atomic mass is 10.1. The summed E-state index contributed by atoms with van der Waals surface area (Å²) in [6.07, 6.45) is 4.76. The second-order valence-corrected chi connectivity index (χ2v) is 5.01. The van der Waals surface area contributed by atoms with Crippen LogP contribution in [0.2, 0.25) is 0 Å². The van der Waals surface area contributed by atoms with Gasteiger partial charge in [0.25, 0.3) is 0 Å². The van der Waals surface area contributed by atoms with Gasteiger partial charge in [-0.2, -0.15) is 0 Å². The molecule has 2 heterocycles. The van der Waals surface area contributed by atoms with E-state index in [9.17, 15) is 9.59 Å². The van der Waals surface area contributed by atoms with E-state index in [-0.39, 0.29) is 11.7 Å². The molecule has 1 fully saturated rings. The third-order valence-electron chi connectivity index (χ3n) is 3.43. The van der Waals surface area contributed by atoms with Gasteiger partial charge in [0, 0.05) is 18.5 Å². The molecule has 0 aliphatic carbocycles. The SMILES string of the molecule is Cc1cc(CN2CCCCCCC2=O)oc1C(=O)O. The highest BCUT2D eigenvalue weighted by atomic mass is 16.4. The number of aryl methyl sites for hydroxylation is 1. The summed E-state index contributed by atoms with van der Waals surface area (Å²) in [5.41, 5.74) is 0.599. The van der Waals surface area contributed by atoms with Crippen molar-refractivity contribution in [3.05, 3.63) is 23.2 Å². The Morgan fingerprint density at radius 1 is 1.37 bits per heavy atom. The maximum atomic E-state index is 12.0. The number of amides is 1. The summed E-state index contributed by atoms with van der Waals surface area (Å²) in [5.74, 6) is -0.424. The van der Waals surface area contributed by atoms with Crippen LogP contribution < -0.4 is 0 Å². The second kappa shape index (κ2) is 5.91. The Bertz CT molecular complexity index is 478. The Labute approximate surface area is 112 Å². The third-order valence-corrected chi connectivity index (χ3v) is 3.43. The number of hydrogen-bond acceptors (Lipinski definition) is 3. The van der Waals surface area contributed by atoms with E-state index in [2.05, 4.69) is 0 Å². The monoisotopic (exact) mass is 265 g/mol. The highest BCUT2D eigenvalue weighted by Crippen LogP contribution is 2.19. The highest BCUT2D eigenvalue weighted by molar-refractivity contribution is 5.86. The number of hydrogen-bond donors (Lipinski definition) is 1. The van der Waals surface area contributed by atoms with Crippen LogP contribution in [-0.2, 0) is 11.3 Å². The predicted octanol–water partition coefficient (Wildman–Crippen LogP) is 2.58. The summed E-state index contributed by atoms with van der Waals surface area (Å²) in [5, 5.41) is 8.94. The average Bonchev–Trinajstić information content (AvgIpc) is 2.70. The number of likely N-dealkylation sites (tertiary alicyclic amines) is 1. The normalized spacial score (nSPS) is 17.1. The van der Waals surface area contributed by atoms with Crippen molar-refractivity contribution in [2.75, 3.05) is 6.54 Å². The van der Waals surface area contributed by atoms with Crippen LogP contribution in [0, 0.1) is 6.92 Å². The molecule has 0 atom stereocenters. The third kappa shape index (κ3) is 3.36. The molecule has 1 aromatic heterocycles. The summed E-state index contributed by atoms with van der Waals surface area (Å²) < 4.78 is 5.31. The number of nitrogens with zero attached hydrogens (tertiary/aromatic N) is 1. The fraction of sp³-hybridized carbons (Fsp3) is 0.571. The molecule has 1 saturated heterocycles. The molecule has 1 aliphatic rings. The lowest BCUT2D eigenvalue weighted by Gasteiger charge is -2.23. The first-order valence-corrected chi connectivity index (χ1v) is 6.68. The Hall–Kier alpha value is -1.78.